The number of aromatic nitrogens is 3. The first-order valence-corrected chi connectivity index (χ1v) is 12.9. The molecule has 2 aromatic heterocycles. The Labute approximate surface area is 241 Å². The molecule has 0 fully saturated rings. The van der Waals surface area contributed by atoms with Gasteiger partial charge in [-0.25, -0.2) is 18.7 Å². The Morgan fingerprint density at radius 3 is 2.60 bits per heavy atom. The van der Waals surface area contributed by atoms with E-state index >= 15 is 0 Å². The molecule has 5 rings (SSSR count). The normalized spacial score (nSPS) is 14.6. The van der Waals surface area contributed by atoms with Crippen LogP contribution in [0.2, 0.25) is 0 Å². The summed E-state index contributed by atoms with van der Waals surface area (Å²) in [5, 5.41) is 8.15. The summed E-state index contributed by atoms with van der Waals surface area (Å²) in [7, 11) is 0. The van der Waals surface area contributed by atoms with Crippen molar-refractivity contribution < 1.29 is 31.5 Å². The number of H-pyrrole nitrogens is 1. The van der Waals surface area contributed by atoms with Gasteiger partial charge < -0.3 is 20.9 Å². The number of benzene rings is 2. The third kappa shape index (κ3) is 6.61. The molecule has 1 aliphatic heterocycles. The molecule has 0 saturated heterocycles. The van der Waals surface area contributed by atoms with Gasteiger partial charge in [0.2, 0.25) is 0 Å². The van der Waals surface area contributed by atoms with Crippen LogP contribution in [-0.4, -0.2) is 33.3 Å². The Morgan fingerprint density at radius 1 is 1.07 bits per heavy atom. The number of anilines is 2. The highest BCUT2D eigenvalue weighted by molar-refractivity contribution is 6.34. The maximum atomic E-state index is 13.6. The van der Waals surface area contributed by atoms with Gasteiger partial charge in [-0.3, -0.25) is 9.59 Å². The number of amides is 2. The summed E-state index contributed by atoms with van der Waals surface area (Å²) in [6.45, 7) is 1.57. The average molecular weight is 595 g/mol. The third-order valence-electron chi connectivity index (χ3n) is 6.59. The van der Waals surface area contributed by atoms with Crippen molar-refractivity contribution >= 4 is 41.0 Å². The summed E-state index contributed by atoms with van der Waals surface area (Å²) >= 11 is 0. The quantitative estimate of drug-likeness (QED) is 0.143. The zero-order valence-electron chi connectivity index (χ0n) is 22.4. The highest BCUT2D eigenvalue weighted by Crippen LogP contribution is 2.34. The number of alkyl halides is 3. The number of halogens is 5. The lowest BCUT2D eigenvalue weighted by Crippen LogP contribution is -2.28. The molecule has 0 spiro atoms. The average Bonchev–Trinajstić information content (AvgIpc) is 3.59. The van der Waals surface area contributed by atoms with Crippen molar-refractivity contribution in [2.24, 2.45) is 0 Å². The van der Waals surface area contributed by atoms with E-state index in [1.165, 1.54) is 19.3 Å². The Kier molecular flexibility index (Phi) is 8.06. The van der Waals surface area contributed by atoms with Crippen molar-refractivity contribution in [2.45, 2.75) is 19.1 Å². The summed E-state index contributed by atoms with van der Waals surface area (Å²) < 4.78 is 67.1. The van der Waals surface area contributed by atoms with E-state index in [1.807, 2.05) is 0 Å². The Bertz CT molecular complexity index is 1750. The van der Waals surface area contributed by atoms with Crippen LogP contribution in [0.1, 0.15) is 51.3 Å². The minimum absolute atomic E-state index is 0.0891. The van der Waals surface area contributed by atoms with Crippen molar-refractivity contribution in [1.82, 2.24) is 20.3 Å². The molecule has 4 N–H and O–H groups in total. The molecule has 4 aromatic rings. The van der Waals surface area contributed by atoms with Gasteiger partial charge in [-0.2, -0.15) is 13.2 Å². The summed E-state index contributed by atoms with van der Waals surface area (Å²) in [5.74, 6) is -3.45. The van der Waals surface area contributed by atoms with E-state index in [0.717, 1.165) is 23.3 Å². The number of carbonyl (C=O) groups excluding carboxylic acids is 2. The summed E-state index contributed by atoms with van der Waals surface area (Å²) in [5.41, 5.74) is 1.95. The van der Waals surface area contributed by atoms with Gasteiger partial charge >= 0.3 is 6.18 Å². The summed E-state index contributed by atoms with van der Waals surface area (Å²) in [4.78, 5) is 36.1. The van der Waals surface area contributed by atoms with Crippen molar-refractivity contribution in [2.75, 3.05) is 17.2 Å². The second kappa shape index (κ2) is 11.9. The zero-order chi connectivity index (χ0) is 30.7. The largest absolute Gasteiger partial charge is 0.417 e. The second-order valence-corrected chi connectivity index (χ2v) is 9.59. The van der Waals surface area contributed by atoms with Gasteiger partial charge in [0.25, 0.3) is 11.8 Å². The standard InChI is InChI=1S/C30H23F5N6O2/c1-16(18-5-7-24(31)25(32)10-18)40-29(43)23-11-19(30(33,34)35)13-38-27(23)37-8-2-3-17-4-6-21-22(12-20-14-36-15-39-20)28(42)41-26(21)9-17/h2-7,9-16H,8H2,1H3,(H,36,39)(H,37,38)(H,40,43)(H,41,42)/b3-2+,22-12-/t16-/m0/s1. The van der Waals surface area contributed by atoms with Crippen LogP contribution in [0.5, 0.6) is 0 Å². The SMILES string of the molecule is C[C@H](NC(=O)c1cc(C(F)(F)F)cnc1NC/C=C/c1ccc2c(c1)NC(=O)/C2=C\c1cnc[nH]1)c1ccc(F)c(F)c1. The van der Waals surface area contributed by atoms with Gasteiger partial charge in [0.1, 0.15) is 5.82 Å². The molecule has 1 atom stereocenters. The fourth-order valence-electron chi connectivity index (χ4n) is 4.38. The first-order valence-electron chi connectivity index (χ1n) is 12.9. The van der Waals surface area contributed by atoms with Crippen LogP contribution >= 0.6 is 0 Å². The molecule has 43 heavy (non-hydrogen) atoms. The molecular weight excluding hydrogens is 571 g/mol. The van der Waals surface area contributed by atoms with Crippen LogP contribution < -0.4 is 16.0 Å². The lowest BCUT2D eigenvalue weighted by molar-refractivity contribution is -0.137. The van der Waals surface area contributed by atoms with Gasteiger partial charge in [-0.15, -0.1) is 0 Å². The van der Waals surface area contributed by atoms with E-state index < -0.39 is 35.3 Å². The van der Waals surface area contributed by atoms with Gasteiger partial charge in [-0.1, -0.05) is 30.4 Å². The fourth-order valence-corrected chi connectivity index (χ4v) is 4.38. The number of nitrogens with zero attached hydrogens (tertiary/aromatic N) is 2. The number of carbonyl (C=O) groups is 2. The highest BCUT2D eigenvalue weighted by Gasteiger charge is 2.33. The minimum Gasteiger partial charge on any atom is -0.366 e. The Hall–Kier alpha value is -5.33. The van der Waals surface area contributed by atoms with Crippen molar-refractivity contribution in [3.8, 4) is 0 Å². The van der Waals surface area contributed by atoms with Crippen molar-refractivity contribution in [3.63, 3.8) is 0 Å². The molecular formula is C30H23F5N6O2. The highest BCUT2D eigenvalue weighted by atomic mass is 19.4. The molecule has 220 valence electrons. The first-order chi connectivity index (χ1) is 20.5. The number of hydrogen-bond acceptors (Lipinski definition) is 5. The summed E-state index contributed by atoms with van der Waals surface area (Å²) in [6, 6.07) is 8.23. The molecule has 0 aliphatic carbocycles. The van der Waals surface area contributed by atoms with E-state index in [2.05, 4.69) is 30.9 Å². The van der Waals surface area contributed by atoms with Crippen LogP contribution in [0, 0.1) is 11.6 Å². The number of nitrogens with one attached hydrogen (secondary N) is 4. The van der Waals surface area contributed by atoms with Gasteiger partial charge in [0, 0.05) is 24.0 Å². The van der Waals surface area contributed by atoms with E-state index in [9.17, 15) is 31.5 Å². The number of rotatable bonds is 8. The molecule has 13 heteroatoms. The number of aromatic amines is 1. The number of imidazole rings is 1. The lowest BCUT2D eigenvalue weighted by atomic mass is 10.0. The maximum absolute atomic E-state index is 13.6. The van der Waals surface area contributed by atoms with Crippen molar-refractivity contribution in [1.29, 1.82) is 0 Å². The maximum Gasteiger partial charge on any atom is 0.417 e. The number of pyridine rings is 1. The molecule has 0 unspecified atom stereocenters. The van der Waals surface area contributed by atoms with Gasteiger partial charge in [0.15, 0.2) is 11.6 Å². The lowest BCUT2D eigenvalue weighted by Gasteiger charge is -2.17. The van der Waals surface area contributed by atoms with E-state index in [1.54, 1.807) is 42.6 Å². The molecule has 3 heterocycles. The second-order valence-electron chi connectivity index (χ2n) is 9.59. The molecule has 8 nitrogen and oxygen atoms in total. The monoisotopic (exact) mass is 594 g/mol. The van der Waals surface area contributed by atoms with Crippen molar-refractivity contribution in [3.05, 3.63) is 112 Å². The molecule has 0 radical (unpaired) electrons. The number of fused-ring (bicyclic) bond motifs is 1. The molecule has 1 aliphatic rings. The Balaban J connectivity index is 1.30. The van der Waals surface area contributed by atoms with E-state index in [4.69, 9.17) is 0 Å². The van der Waals surface area contributed by atoms with Gasteiger partial charge in [0.05, 0.1) is 41.0 Å². The minimum atomic E-state index is -4.75. The predicted molar refractivity (Wildman–Crippen MR) is 151 cm³/mol. The van der Waals surface area contributed by atoms with E-state index in [0.29, 0.717) is 29.2 Å². The third-order valence-corrected chi connectivity index (χ3v) is 6.59. The molecule has 2 amide bonds. The molecule has 2 aromatic carbocycles. The predicted octanol–water partition coefficient (Wildman–Crippen LogP) is 6.21. The smallest absolute Gasteiger partial charge is 0.366 e. The summed E-state index contributed by atoms with van der Waals surface area (Å²) in [6.07, 6.45) is 4.05. The van der Waals surface area contributed by atoms with Crippen LogP contribution in [-0.2, 0) is 11.0 Å². The van der Waals surface area contributed by atoms with Crippen LogP contribution in [0.25, 0.3) is 17.7 Å². The fraction of sp³-hybridized carbons (Fsp3) is 0.133. The topological polar surface area (TPSA) is 112 Å². The Morgan fingerprint density at radius 2 is 1.88 bits per heavy atom. The van der Waals surface area contributed by atoms with Crippen LogP contribution in [0.3, 0.4) is 0 Å². The zero-order valence-corrected chi connectivity index (χ0v) is 22.4. The molecule has 0 saturated carbocycles. The van der Waals surface area contributed by atoms with E-state index in [-0.39, 0.29) is 29.4 Å². The van der Waals surface area contributed by atoms with Gasteiger partial charge in [-0.05, 0) is 48.4 Å². The van der Waals surface area contributed by atoms with Crippen LogP contribution in [0.4, 0.5) is 33.5 Å². The van der Waals surface area contributed by atoms with Crippen LogP contribution in [0.15, 0.2) is 67.3 Å². The molecule has 0 bridgehead atoms. The number of hydrogen-bond donors (Lipinski definition) is 4. The first kappa shape index (κ1) is 29.2.